The summed E-state index contributed by atoms with van der Waals surface area (Å²) in [4.78, 5) is 0. The van der Waals surface area contributed by atoms with Gasteiger partial charge in [-0.05, 0) is 99.1 Å². The Kier molecular flexibility index (Phi) is 5.98. The molecule has 48 heavy (non-hydrogen) atoms. The van der Waals surface area contributed by atoms with Crippen LogP contribution >= 0.6 is 0 Å². The first-order chi connectivity index (χ1) is 23.9. The Balaban J connectivity index is 1.41. The minimum atomic E-state index is 1.22. The van der Waals surface area contributed by atoms with E-state index in [-0.39, 0.29) is 0 Å². The van der Waals surface area contributed by atoms with Crippen molar-refractivity contribution >= 4 is 32.3 Å². The SMILES string of the molecule is c1ccc(-c2c(-c3ccccc3-c3cccc4c3ccc3ccccc34)c3c4c(cccc4c2-c2ccccc2)-c2ccccc2-3)cc1. The summed E-state index contributed by atoms with van der Waals surface area (Å²) in [5.74, 6) is 0. The zero-order chi connectivity index (χ0) is 31.6. The van der Waals surface area contributed by atoms with Gasteiger partial charge in [0.2, 0.25) is 0 Å². The number of hydrogen-bond donors (Lipinski definition) is 0. The van der Waals surface area contributed by atoms with E-state index in [4.69, 9.17) is 0 Å². The number of rotatable bonds is 4. The van der Waals surface area contributed by atoms with E-state index >= 15 is 0 Å². The summed E-state index contributed by atoms with van der Waals surface area (Å²) in [7, 11) is 0. The van der Waals surface area contributed by atoms with Gasteiger partial charge in [-0.1, -0.05) is 182 Å². The van der Waals surface area contributed by atoms with Crippen molar-refractivity contribution in [2.75, 3.05) is 0 Å². The lowest BCUT2D eigenvalue weighted by molar-refractivity contribution is 1.58. The molecule has 0 amide bonds. The van der Waals surface area contributed by atoms with Crippen LogP contribution in [0.5, 0.6) is 0 Å². The molecule has 0 saturated carbocycles. The molecule has 1 aliphatic rings. The lowest BCUT2D eigenvalue weighted by Crippen LogP contribution is -1.97. The van der Waals surface area contributed by atoms with Crippen LogP contribution in [0.3, 0.4) is 0 Å². The highest BCUT2D eigenvalue weighted by Crippen LogP contribution is 2.58. The molecular weight excluding hydrogens is 577 g/mol. The number of benzene rings is 9. The quantitative estimate of drug-likeness (QED) is 0.175. The monoisotopic (exact) mass is 606 g/mol. The van der Waals surface area contributed by atoms with Gasteiger partial charge in [-0.2, -0.15) is 0 Å². The molecule has 0 N–H and O–H groups in total. The maximum Gasteiger partial charge on any atom is -0.000741 e. The average Bonchev–Trinajstić information content (AvgIpc) is 3.50. The van der Waals surface area contributed by atoms with Crippen molar-refractivity contribution in [1.82, 2.24) is 0 Å². The summed E-state index contributed by atoms with van der Waals surface area (Å²) in [6.45, 7) is 0. The molecule has 0 heterocycles. The molecule has 0 fully saturated rings. The number of hydrogen-bond acceptors (Lipinski definition) is 0. The Labute approximate surface area is 280 Å². The van der Waals surface area contributed by atoms with Crippen molar-refractivity contribution in [2.45, 2.75) is 0 Å². The van der Waals surface area contributed by atoms with Gasteiger partial charge in [0, 0.05) is 0 Å². The van der Waals surface area contributed by atoms with Crippen molar-refractivity contribution in [3.63, 3.8) is 0 Å². The normalized spacial score (nSPS) is 11.8. The summed E-state index contributed by atoms with van der Waals surface area (Å²) >= 11 is 0. The second kappa shape index (κ2) is 10.7. The summed E-state index contributed by atoms with van der Waals surface area (Å²) in [6.07, 6.45) is 0. The predicted molar refractivity (Wildman–Crippen MR) is 205 cm³/mol. The molecule has 0 unspecified atom stereocenters. The van der Waals surface area contributed by atoms with Crippen molar-refractivity contribution in [3.05, 3.63) is 182 Å². The second-order valence-corrected chi connectivity index (χ2v) is 12.7. The Morgan fingerprint density at radius 2 is 0.708 bits per heavy atom. The summed E-state index contributed by atoms with van der Waals surface area (Å²) in [5, 5.41) is 7.73. The van der Waals surface area contributed by atoms with Gasteiger partial charge >= 0.3 is 0 Å². The first-order valence-corrected chi connectivity index (χ1v) is 16.7. The van der Waals surface area contributed by atoms with Gasteiger partial charge < -0.3 is 0 Å². The van der Waals surface area contributed by atoms with E-state index in [2.05, 4.69) is 182 Å². The van der Waals surface area contributed by atoms with Crippen LogP contribution in [0.1, 0.15) is 0 Å². The standard InChI is InChI=1S/C48H30/c1-3-16-32(17-4-1)44-43-28-14-27-40-38-22-10-12-24-42(38)48(46(40)43)47(45(44)33-18-5-2-6-19-33)41-23-11-9-21-37(41)36-26-13-25-35-34-20-8-7-15-31(34)29-30-39(35)36/h1-30H. The van der Waals surface area contributed by atoms with E-state index in [1.807, 2.05) is 0 Å². The molecule has 9 aromatic rings. The Morgan fingerprint density at radius 1 is 0.208 bits per heavy atom. The molecule has 1 aliphatic carbocycles. The molecule has 0 nitrogen and oxygen atoms in total. The molecule has 0 bridgehead atoms. The van der Waals surface area contributed by atoms with E-state index < -0.39 is 0 Å². The third-order valence-corrected chi connectivity index (χ3v) is 10.2. The summed E-state index contributed by atoms with van der Waals surface area (Å²) in [6, 6.07) is 67.0. The van der Waals surface area contributed by atoms with Crippen LogP contribution < -0.4 is 0 Å². The van der Waals surface area contributed by atoms with Gasteiger partial charge in [-0.15, -0.1) is 0 Å². The topological polar surface area (TPSA) is 0 Å². The first-order valence-electron chi connectivity index (χ1n) is 16.7. The van der Waals surface area contributed by atoms with E-state index in [0.717, 1.165) is 0 Å². The van der Waals surface area contributed by atoms with Crippen molar-refractivity contribution in [1.29, 1.82) is 0 Å². The van der Waals surface area contributed by atoms with Crippen molar-refractivity contribution in [3.8, 4) is 66.8 Å². The molecule has 10 rings (SSSR count). The van der Waals surface area contributed by atoms with Crippen LogP contribution in [0.2, 0.25) is 0 Å². The minimum Gasteiger partial charge on any atom is -0.0622 e. The predicted octanol–water partition coefficient (Wildman–Crippen LogP) is 13.5. The van der Waals surface area contributed by atoms with Crippen LogP contribution in [-0.4, -0.2) is 0 Å². The highest BCUT2D eigenvalue weighted by atomic mass is 14.3. The van der Waals surface area contributed by atoms with E-state index in [1.165, 1.54) is 99.1 Å². The van der Waals surface area contributed by atoms with E-state index in [9.17, 15) is 0 Å². The second-order valence-electron chi connectivity index (χ2n) is 12.7. The molecule has 0 aromatic heterocycles. The Morgan fingerprint density at radius 3 is 1.44 bits per heavy atom. The molecule has 0 saturated heterocycles. The van der Waals surface area contributed by atoms with Gasteiger partial charge in [-0.25, -0.2) is 0 Å². The van der Waals surface area contributed by atoms with Crippen LogP contribution in [-0.2, 0) is 0 Å². The van der Waals surface area contributed by atoms with Crippen LogP contribution in [0.4, 0.5) is 0 Å². The molecule has 0 spiro atoms. The summed E-state index contributed by atoms with van der Waals surface area (Å²) < 4.78 is 0. The zero-order valence-corrected chi connectivity index (χ0v) is 26.3. The number of fused-ring (bicyclic) bond motifs is 6. The van der Waals surface area contributed by atoms with Gasteiger partial charge in [0.25, 0.3) is 0 Å². The van der Waals surface area contributed by atoms with Gasteiger partial charge in [0.05, 0.1) is 0 Å². The van der Waals surface area contributed by atoms with Crippen LogP contribution in [0.15, 0.2) is 182 Å². The maximum atomic E-state index is 2.34. The molecule has 0 aliphatic heterocycles. The zero-order valence-electron chi connectivity index (χ0n) is 26.3. The fourth-order valence-corrected chi connectivity index (χ4v) is 8.25. The molecular formula is C48H30. The highest BCUT2D eigenvalue weighted by Gasteiger charge is 2.31. The van der Waals surface area contributed by atoms with Crippen molar-refractivity contribution < 1.29 is 0 Å². The highest BCUT2D eigenvalue weighted by molar-refractivity contribution is 6.27. The van der Waals surface area contributed by atoms with Gasteiger partial charge in [-0.3, -0.25) is 0 Å². The summed E-state index contributed by atoms with van der Waals surface area (Å²) in [5.41, 5.74) is 15.3. The van der Waals surface area contributed by atoms with E-state index in [1.54, 1.807) is 0 Å². The Hall–Kier alpha value is -6.24. The van der Waals surface area contributed by atoms with Crippen LogP contribution in [0.25, 0.3) is 99.1 Å². The lowest BCUT2D eigenvalue weighted by atomic mass is 9.78. The van der Waals surface area contributed by atoms with Gasteiger partial charge in [0.1, 0.15) is 0 Å². The Bertz CT molecular complexity index is 2700. The molecule has 0 atom stereocenters. The first kappa shape index (κ1) is 26.9. The third-order valence-electron chi connectivity index (χ3n) is 10.2. The molecule has 222 valence electrons. The average molecular weight is 607 g/mol. The third kappa shape index (κ3) is 3.90. The lowest BCUT2D eigenvalue weighted by Gasteiger charge is -2.24. The molecule has 0 heteroatoms. The molecule has 0 radical (unpaired) electrons. The smallest absolute Gasteiger partial charge is 0.000741 e. The van der Waals surface area contributed by atoms with E-state index in [0.29, 0.717) is 0 Å². The maximum absolute atomic E-state index is 2.34. The minimum absolute atomic E-state index is 1.22. The molecule has 9 aromatic carbocycles. The largest absolute Gasteiger partial charge is 0.0622 e. The fraction of sp³-hybridized carbons (Fsp3) is 0. The fourth-order valence-electron chi connectivity index (χ4n) is 8.25. The van der Waals surface area contributed by atoms with Crippen molar-refractivity contribution in [2.24, 2.45) is 0 Å². The van der Waals surface area contributed by atoms with Crippen LogP contribution in [0, 0.1) is 0 Å². The van der Waals surface area contributed by atoms with Gasteiger partial charge in [0.15, 0.2) is 0 Å².